The SMILES string of the molecule is CCOC(=O)C1CN(Cc2ccc(-c3noc(-c4ccc(OC(C)C)c(C#N)c4)n3)c3ccccc23)C1. The highest BCUT2D eigenvalue weighted by atomic mass is 16.5. The van der Waals surface area contributed by atoms with Crippen molar-refractivity contribution in [2.45, 2.75) is 33.4 Å². The van der Waals surface area contributed by atoms with Gasteiger partial charge in [0.15, 0.2) is 0 Å². The molecule has 8 nitrogen and oxygen atoms in total. The van der Waals surface area contributed by atoms with E-state index in [1.165, 1.54) is 5.56 Å². The average Bonchev–Trinajstić information content (AvgIpc) is 3.36. The quantitative estimate of drug-likeness (QED) is 0.306. The van der Waals surface area contributed by atoms with Crippen molar-refractivity contribution in [3.05, 3.63) is 65.7 Å². The van der Waals surface area contributed by atoms with Crippen molar-refractivity contribution < 1.29 is 18.8 Å². The zero-order chi connectivity index (χ0) is 25.9. The second kappa shape index (κ2) is 10.4. The number of nitriles is 1. The van der Waals surface area contributed by atoms with Crippen molar-refractivity contribution in [3.63, 3.8) is 0 Å². The zero-order valence-electron chi connectivity index (χ0n) is 21.1. The Morgan fingerprint density at radius 2 is 1.95 bits per heavy atom. The Bertz CT molecular complexity index is 1480. The van der Waals surface area contributed by atoms with Gasteiger partial charge in [0, 0.05) is 30.8 Å². The topological polar surface area (TPSA) is 101 Å². The summed E-state index contributed by atoms with van der Waals surface area (Å²) in [5.74, 6) is 1.18. The third-order valence-electron chi connectivity index (χ3n) is 6.36. The summed E-state index contributed by atoms with van der Waals surface area (Å²) in [6.07, 6.45) is -0.0377. The fraction of sp³-hybridized carbons (Fsp3) is 0.310. The molecule has 0 spiro atoms. The first kappa shape index (κ1) is 24.5. The lowest BCUT2D eigenvalue weighted by Crippen LogP contribution is -2.50. The summed E-state index contributed by atoms with van der Waals surface area (Å²) < 4.78 is 16.4. The molecule has 0 saturated carbocycles. The first-order chi connectivity index (χ1) is 18.0. The van der Waals surface area contributed by atoms with Gasteiger partial charge >= 0.3 is 5.97 Å². The normalized spacial score (nSPS) is 13.9. The van der Waals surface area contributed by atoms with E-state index in [9.17, 15) is 10.1 Å². The van der Waals surface area contributed by atoms with Crippen LogP contribution in [0.1, 0.15) is 31.9 Å². The smallest absolute Gasteiger partial charge is 0.311 e. The standard InChI is InChI=1S/C29H28N4O4/c1-4-35-29(34)22-16-33(17-22)15-20-9-11-25(24-8-6-5-7-23(20)24)27-31-28(37-32-27)19-10-12-26(36-18(2)3)21(13-19)14-30/h5-13,18,22H,4,15-17H2,1-3H3. The highest BCUT2D eigenvalue weighted by Gasteiger charge is 2.33. The molecule has 0 bridgehead atoms. The third kappa shape index (κ3) is 5.04. The number of carbonyl (C=O) groups is 1. The number of hydrogen-bond acceptors (Lipinski definition) is 8. The Kier molecular flexibility index (Phi) is 6.89. The van der Waals surface area contributed by atoms with Crippen LogP contribution in [0, 0.1) is 17.2 Å². The minimum Gasteiger partial charge on any atom is -0.490 e. The van der Waals surface area contributed by atoms with Gasteiger partial charge in [-0.05, 0) is 55.3 Å². The van der Waals surface area contributed by atoms with E-state index in [0.29, 0.717) is 48.3 Å². The summed E-state index contributed by atoms with van der Waals surface area (Å²) in [5.41, 5.74) is 3.10. The lowest BCUT2D eigenvalue weighted by Gasteiger charge is -2.37. The van der Waals surface area contributed by atoms with Crippen LogP contribution in [0.15, 0.2) is 59.1 Å². The lowest BCUT2D eigenvalue weighted by molar-refractivity contribution is -0.154. The van der Waals surface area contributed by atoms with Crippen LogP contribution >= 0.6 is 0 Å². The fourth-order valence-corrected chi connectivity index (χ4v) is 4.60. The molecule has 0 aliphatic carbocycles. The van der Waals surface area contributed by atoms with Gasteiger partial charge in [-0.15, -0.1) is 0 Å². The maximum atomic E-state index is 11.9. The predicted octanol–water partition coefficient (Wildman–Crippen LogP) is 5.21. The Hall–Kier alpha value is -4.22. The van der Waals surface area contributed by atoms with Gasteiger partial charge in [0.25, 0.3) is 5.89 Å². The van der Waals surface area contributed by atoms with Crippen LogP contribution in [-0.2, 0) is 16.1 Å². The van der Waals surface area contributed by atoms with Gasteiger partial charge in [-0.1, -0.05) is 41.6 Å². The number of ether oxygens (including phenoxy) is 2. The number of rotatable bonds is 8. The van der Waals surface area contributed by atoms with Crippen LogP contribution in [0.25, 0.3) is 33.6 Å². The molecule has 0 atom stereocenters. The number of aromatic nitrogens is 2. The van der Waals surface area contributed by atoms with E-state index < -0.39 is 0 Å². The summed E-state index contributed by atoms with van der Waals surface area (Å²) >= 11 is 0. The Balaban J connectivity index is 1.39. The molecule has 0 radical (unpaired) electrons. The van der Waals surface area contributed by atoms with E-state index in [1.807, 2.05) is 51.1 Å². The summed E-state index contributed by atoms with van der Waals surface area (Å²) in [5, 5.41) is 15.9. The molecule has 4 aromatic rings. The van der Waals surface area contributed by atoms with Gasteiger partial charge in [-0.25, -0.2) is 0 Å². The van der Waals surface area contributed by atoms with Crippen LogP contribution in [0.2, 0.25) is 0 Å². The van der Waals surface area contributed by atoms with Crippen LogP contribution < -0.4 is 4.74 Å². The monoisotopic (exact) mass is 496 g/mol. The van der Waals surface area contributed by atoms with Crippen LogP contribution in [0.5, 0.6) is 5.75 Å². The van der Waals surface area contributed by atoms with Crippen LogP contribution in [0.4, 0.5) is 0 Å². The highest BCUT2D eigenvalue weighted by molar-refractivity contribution is 5.97. The molecule has 3 aromatic carbocycles. The molecule has 2 heterocycles. The molecule has 1 aliphatic heterocycles. The van der Waals surface area contributed by atoms with E-state index in [0.717, 1.165) is 22.9 Å². The Morgan fingerprint density at radius 1 is 1.16 bits per heavy atom. The van der Waals surface area contributed by atoms with Gasteiger partial charge in [-0.3, -0.25) is 9.69 Å². The largest absolute Gasteiger partial charge is 0.490 e. The summed E-state index contributed by atoms with van der Waals surface area (Å²) in [7, 11) is 0. The van der Waals surface area contributed by atoms with Crippen molar-refractivity contribution in [2.75, 3.05) is 19.7 Å². The summed E-state index contributed by atoms with van der Waals surface area (Å²) in [4.78, 5) is 18.8. The van der Waals surface area contributed by atoms with Gasteiger partial charge in [0.1, 0.15) is 11.8 Å². The number of esters is 1. The maximum absolute atomic E-state index is 11.9. The Labute approximate surface area is 215 Å². The van der Waals surface area contributed by atoms with Crippen LogP contribution in [-0.4, -0.2) is 46.8 Å². The Morgan fingerprint density at radius 3 is 2.68 bits per heavy atom. The summed E-state index contributed by atoms with van der Waals surface area (Å²) in [6, 6.07) is 19.7. The maximum Gasteiger partial charge on any atom is 0.311 e. The third-order valence-corrected chi connectivity index (χ3v) is 6.36. The minimum absolute atomic E-state index is 0.0377. The van der Waals surface area contributed by atoms with E-state index in [2.05, 4.69) is 33.2 Å². The number of hydrogen-bond donors (Lipinski definition) is 0. The highest BCUT2D eigenvalue weighted by Crippen LogP contribution is 2.33. The van der Waals surface area contributed by atoms with E-state index in [-0.39, 0.29) is 18.0 Å². The van der Waals surface area contributed by atoms with Crippen LogP contribution in [0.3, 0.4) is 0 Å². The number of fused-ring (bicyclic) bond motifs is 1. The average molecular weight is 497 g/mol. The van der Waals surface area contributed by atoms with Gasteiger partial charge in [0.2, 0.25) is 5.82 Å². The molecule has 0 amide bonds. The predicted molar refractivity (Wildman–Crippen MR) is 139 cm³/mol. The molecule has 37 heavy (non-hydrogen) atoms. The molecular formula is C29H28N4O4. The number of benzene rings is 3. The van der Waals surface area contributed by atoms with Crippen molar-refractivity contribution >= 4 is 16.7 Å². The molecule has 5 rings (SSSR count). The molecule has 188 valence electrons. The fourth-order valence-electron chi connectivity index (χ4n) is 4.60. The number of nitrogens with zero attached hydrogens (tertiary/aromatic N) is 4. The minimum atomic E-state index is -0.115. The molecule has 1 aliphatic rings. The van der Waals surface area contributed by atoms with Gasteiger partial charge in [-0.2, -0.15) is 10.2 Å². The van der Waals surface area contributed by atoms with E-state index >= 15 is 0 Å². The lowest BCUT2D eigenvalue weighted by atomic mass is 9.95. The first-order valence-electron chi connectivity index (χ1n) is 12.4. The molecule has 0 N–H and O–H groups in total. The zero-order valence-corrected chi connectivity index (χ0v) is 21.1. The van der Waals surface area contributed by atoms with Crippen molar-refractivity contribution in [1.29, 1.82) is 5.26 Å². The first-order valence-corrected chi connectivity index (χ1v) is 12.4. The van der Waals surface area contributed by atoms with E-state index in [1.54, 1.807) is 12.1 Å². The van der Waals surface area contributed by atoms with Crippen molar-refractivity contribution in [2.24, 2.45) is 5.92 Å². The molecule has 8 heteroatoms. The molecule has 1 fully saturated rings. The number of carbonyl (C=O) groups excluding carboxylic acids is 1. The molecule has 1 saturated heterocycles. The van der Waals surface area contributed by atoms with Gasteiger partial charge in [0.05, 0.1) is 24.2 Å². The van der Waals surface area contributed by atoms with E-state index in [4.69, 9.17) is 14.0 Å². The van der Waals surface area contributed by atoms with Crippen molar-refractivity contribution in [1.82, 2.24) is 15.0 Å². The molecule has 1 aromatic heterocycles. The molecular weight excluding hydrogens is 468 g/mol. The molecule has 0 unspecified atom stereocenters. The summed E-state index contributed by atoms with van der Waals surface area (Å²) in [6.45, 7) is 8.23. The second-order valence-corrected chi connectivity index (χ2v) is 9.37. The van der Waals surface area contributed by atoms with Gasteiger partial charge < -0.3 is 14.0 Å². The second-order valence-electron chi connectivity index (χ2n) is 9.37. The number of likely N-dealkylation sites (tertiary alicyclic amines) is 1. The van der Waals surface area contributed by atoms with Crippen molar-refractivity contribution in [3.8, 4) is 34.7 Å².